The first-order chi connectivity index (χ1) is 12.2. The summed E-state index contributed by atoms with van der Waals surface area (Å²) in [5.41, 5.74) is 0.113. The Hall–Kier alpha value is -1.56. The normalized spacial score (nSPS) is 19.8. The zero-order valence-corrected chi connectivity index (χ0v) is 16.6. The van der Waals surface area contributed by atoms with Crippen LogP contribution in [0.4, 0.5) is 4.39 Å². The summed E-state index contributed by atoms with van der Waals surface area (Å²) in [7, 11) is 0. The number of amides is 2. The van der Waals surface area contributed by atoms with Crippen molar-refractivity contribution in [2.75, 3.05) is 25.4 Å². The molecule has 6 heteroatoms. The molecule has 0 saturated carbocycles. The number of benzene rings is 1. The number of hydrogen-bond acceptors (Lipinski definition) is 3. The summed E-state index contributed by atoms with van der Waals surface area (Å²) in [4.78, 5) is 28.9. The molecule has 142 valence electrons. The van der Waals surface area contributed by atoms with E-state index in [4.69, 9.17) is 0 Å². The summed E-state index contributed by atoms with van der Waals surface area (Å²) < 4.78 is 14.1. The van der Waals surface area contributed by atoms with Crippen LogP contribution >= 0.6 is 11.8 Å². The number of piperidine rings is 1. The standard InChI is InChI=1S/C20H27FN2O2S/c1-19(2,3)14-17(24)22-10-8-20(9-11-22)23(12-13-26-20)18(25)15-6-4-5-7-16(15)21/h4-7H,8-14H2,1-3H3. The largest absolute Gasteiger partial charge is 0.342 e. The van der Waals surface area contributed by atoms with Gasteiger partial charge in [-0.3, -0.25) is 9.59 Å². The molecule has 2 aliphatic rings. The zero-order valence-electron chi connectivity index (χ0n) is 15.8. The van der Waals surface area contributed by atoms with Crippen LogP contribution in [0.2, 0.25) is 0 Å². The molecule has 2 fully saturated rings. The van der Waals surface area contributed by atoms with E-state index in [9.17, 15) is 14.0 Å². The Kier molecular flexibility index (Phi) is 5.33. The third-order valence-electron chi connectivity index (χ3n) is 5.11. The summed E-state index contributed by atoms with van der Waals surface area (Å²) in [6.45, 7) is 8.15. The van der Waals surface area contributed by atoms with E-state index in [1.165, 1.54) is 6.07 Å². The van der Waals surface area contributed by atoms with E-state index in [0.717, 1.165) is 18.6 Å². The molecule has 3 rings (SSSR count). The molecule has 4 nitrogen and oxygen atoms in total. The second-order valence-corrected chi connectivity index (χ2v) is 9.81. The van der Waals surface area contributed by atoms with Gasteiger partial charge >= 0.3 is 0 Å². The topological polar surface area (TPSA) is 40.6 Å². The second-order valence-electron chi connectivity index (χ2n) is 8.35. The minimum atomic E-state index is -0.470. The van der Waals surface area contributed by atoms with Gasteiger partial charge in [-0.05, 0) is 30.4 Å². The van der Waals surface area contributed by atoms with Crippen LogP contribution in [0.3, 0.4) is 0 Å². The van der Waals surface area contributed by atoms with E-state index in [-0.39, 0.29) is 27.7 Å². The smallest absolute Gasteiger partial charge is 0.257 e. The van der Waals surface area contributed by atoms with Gasteiger partial charge in [-0.15, -0.1) is 11.8 Å². The maximum absolute atomic E-state index is 14.1. The number of nitrogens with zero attached hydrogens (tertiary/aromatic N) is 2. The highest BCUT2D eigenvalue weighted by Gasteiger charge is 2.47. The molecule has 0 aromatic heterocycles. The van der Waals surface area contributed by atoms with Gasteiger partial charge in [-0.1, -0.05) is 32.9 Å². The first-order valence-corrected chi connectivity index (χ1v) is 10.2. The number of carbonyl (C=O) groups excluding carboxylic acids is 2. The average Bonchev–Trinajstić information content (AvgIpc) is 2.97. The van der Waals surface area contributed by atoms with E-state index in [2.05, 4.69) is 20.8 Å². The molecule has 2 aliphatic heterocycles. The molecule has 2 heterocycles. The Labute approximate surface area is 159 Å². The van der Waals surface area contributed by atoms with Crippen LogP contribution in [0.5, 0.6) is 0 Å². The van der Waals surface area contributed by atoms with Crippen molar-refractivity contribution in [3.05, 3.63) is 35.6 Å². The van der Waals surface area contributed by atoms with Gasteiger partial charge in [0.1, 0.15) is 5.82 Å². The van der Waals surface area contributed by atoms with Crippen LogP contribution in [0.1, 0.15) is 50.4 Å². The fraction of sp³-hybridized carbons (Fsp3) is 0.600. The number of rotatable bonds is 2. The molecule has 0 aliphatic carbocycles. The fourth-order valence-electron chi connectivity index (χ4n) is 3.76. The Morgan fingerprint density at radius 1 is 1.15 bits per heavy atom. The van der Waals surface area contributed by atoms with E-state index in [1.807, 2.05) is 9.80 Å². The molecular formula is C20H27FN2O2S. The summed E-state index contributed by atoms with van der Waals surface area (Å²) in [5, 5.41) is 0. The van der Waals surface area contributed by atoms with Crippen molar-refractivity contribution in [1.82, 2.24) is 9.80 Å². The molecule has 0 unspecified atom stereocenters. The molecule has 26 heavy (non-hydrogen) atoms. The van der Waals surface area contributed by atoms with Crippen LogP contribution in [0.15, 0.2) is 24.3 Å². The molecule has 1 spiro atoms. The van der Waals surface area contributed by atoms with Crippen molar-refractivity contribution in [2.45, 2.75) is 44.9 Å². The van der Waals surface area contributed by atoms with Crippen LogP contribution in [0.25, 0.3) is 0 Å². The van der Waals surface area contributed by atoms with Gasteiger partial charge < -0.3 is 9.80 Å². The number of likely N-dealkylation sites (tertiary alicyclic amines) is 1. The highest BCUT2D eigenvalue weighted by Crippen LogP contribution is 2.44. The fourth-order valence-corrected chi connectivity index (χ4v) is 5.22. The van der Waals surface area contributed by atoms with E-state index < -0.39 is 5.82 Å². The average molecular weight is 379 g/mol. The van der Waals surface area contributed by atoms with Crippen molar-refractivity contribution in [3.8, 4) is 0 Å². The van der Waals surface area contributed by atoms with Gasteiger partial charge in [0.25, 0.3) is 5.91 Å². The summed E-state index contributed by atoms with van der Waals surface area (Å²) in [6.07, 6.45) is 2.02. The molecular weight excluding hydrogens is 351 g/mol. The molecule has 2 amide bonds. The summed E-state index contributed by atoms with van der Waals surface area (Å²) >= 11 is 1.77. The van der Waals surface area contributed by atoms with Crippen molar-refractivity contribution in [2.24, 2.45) is 5.41 Å². The molecule has 0 radical (unpaired) electrons. The highest BCUT2D eigenvalue weighted by molar-refractivity contribution is 8.00. The molecule has 0 N–H and O–H groups in total. The SMILES string of the molecule is CC(C)(C)CC(=O)N1CCC2(CC1)SCCN2C(=O)c1ccccc1F. The van der Waals surface area contributed by atoms with E-state index in [1.54, 1.807) is 30.0 Å². The lowest BCUT2D eigenvalue weighted by molar-refractivity contribution is -0.134. The van der Waals surface area contributed by atoms with Crippen molar-refractivity contribution in [3.63, 3.8) is 0 Å². The zero-order chi connectivity index (χ0) is 18.9. The minimum absolute atomic E-state index is 0.0266. The molecule has 2 saturated heterocycles. The van der Waals surface area contributed by atoms with Gasteiger partial charge in [0.15, 0.2) is 0 Å². The minimum Gasteiger partial charge on any atom is -0.342 e. The molecule has 1 aromatic carbocycles. The lowest BCUT2D eigenvalue weighted by atomic mass is 9.91. The lowest BCUT2D eigenvalue weighted by Gasteiger charge is -2.44. The van der Waals surface area contributed by atoms with Gasteiger partial charge in [-0.2, -0.15) is 0 Å². The first-order valence-electron chi connectivity index (χ1n) is 9.20. The van der Waals surface area contributed by atoms with Gasteiger partial charge in [0.05, 0.1) is 10.4 Å². The first kappa shape index (κ1) is 19.2. The predicted octanol–water partition coefficient (Wildman–Crippen LogP) is 3.77. The van der Waals surface area contributed by atoms with Crippen molar-refractivity contribution in [1.29, 1.82) is 0 Å². The third kappa shape index (κ3) is 3.90. The summed E-state index contributed by atoms with van der Waals surface area (Å²) in [5.74, 6) is 0.336. The highest BCUT2D eigenvalue weighted by atomic mass is 32.2. The lowest BCUT2D eigenvalue weighted by Crippen LogP contribution is -2.54. The number of halogens is 1. The molecule has 0 bridgehead atoms. The summed E-state index contributed by atoms with van der Waals surface area (Å²) in [6, 6.07) is 6.17. The van der Waals surface area contributed by atoms with Crippen LogP contribution in [-0.2, 0) is 4.79 Å². The number of hydrogen-bond donors (Lipinski definition) is 0. The van der Waals surface area contributed by atoms with Crippen LogP contribution < -0.4 is 0 Å². The van der Waals surface area contributed by atoms with Crippen molar-refractivity contribution >= 4 is 23.6 Å². The van der Waals surface area contributed by atoms with Gasteiger partial charge in [0.2, 0.25) is 5.91 Å². The van der Waals surface area contributed by atoms with Crippen LogP contribution in [0, 0.1) is 11.2 Å². The monoisotopic (exact) mass is 378 g/mol. The van der Waals surface area contributed by atoms with Gasteiger partial charge in [-0.25, -0.2) is 4.39 Å². The molecule has 1 aromatic rings. The number of carbonyl (C=O) groups is 2. The van der Waals surface area contributed by atoms with E-state index in [0.29, 0.717) is 26.1 Å². The number of thioether (sulfide) groups is 1. The van der Waals surface area contributed by atoms with Crippen LogP contribution in [-0.4, -0.2) is 51.9 Å². The quantitative estimate of drug-likeness (QED) is 0.787. The van der Waals surface area contributed by atoms with E-state index >= 15 is 0 Å². The molecule has 0 atom stereocenters. The van der Waals surface area contributed by atoms with Gasteiger partial charge in [0, 0.05) is 31.8 Å². The Bertz CT molecular complexity index is 693. The Balaban J connectivity index is 1.70. The second kappa shape index (κ2) is 7.22. The predicted molar refractivity (Wildman–Crippen MR) is 103 cm³/mol. The Morgan fingerprint density at radius 3 is 2.42 bits per heavy atom. The third-order valence-corrected chi connectivity index (χ3v) is 6.66. The maximum atomic E-state index is 14.1. The Morgan fingerprint density at radius 2 is 1.81 bits per heavy atom. The van der Waals surface area contributed by atoms with Crippen molar-refractivity contribution < 1.29 is 14.0 Å². The maximum Gasteiger partial charge on any atom is 0.257 e.